The molecule has 1 N–H and O–H groups in total. The molecule has 92 valence electrons. The SMILES string of the molecule is Cc1cccc(CN2CCOC(O)C2C=O)c1. The molecule has 1 aromatic rings. The van der Waals surface area contributed by atoms with Crippen LogP contribution in [0.1, 0.15) is 11.1 Å². The van der Waals surface area contributed by atoms with Crippen molar-refractivity contribution in [1.82, 2.24) is 4.90 Å². The summed E-state index contributed by atoms with van der Waals surface area (Å²) in [6.07, 6.45) is -0.259. The van der Waals surface area contributed by atoms with Gasteiger partial charge in [-0.05, 0) is 12.5 Å². The third-order valence-corrected chi connectivity index (χ3v) is 2.99. The average Bonchev–Trinajstić information content (AvgIpc) is 2.29. The highest BCUT2D eigenvalue weighted by Crippen LogP contribution is 2.15. The number of morpholine rings is 1. The van der Waals surface area contributed by atoms with Gasteiger partial charge in [0.15, 0.2) is 6.29 Å². The number of ether oxygens (including phenoxy) is 1. The Labute approximate surface area is 101 Å². The number of carbonyl (C=O) groups excluding carboxylic acids is 1. The second-order valence-corrected chi connectivity index (χ2v) is 4.35. The lowest BCUT2D eigenvalue weighted by Gasteiger charge is -2.35. The van der Waals surface area contributed by atoms with E-state index < -0.39 is 12.3 Å². The van der Waals surface area contributed by atoms with Crippen molar-refractivity contribution in [3.8, 4) is 0 Å². The second kappa shape index (κ2) is 5.40. The van der Waals surface area contributed by atoms with E-state index in [0.29, 0.717) is 19.7 Å². The minimum atomic E-state index is -1.01. The first kappa shape index (κ1) is 12.2. The number of nitrogens with zero attached hydrogens (tertiary/aromatic N) is 1. The van der Waals surface area contributed by atoms with Crippen molar-refractivity contribution in [3.63, 3.8) is 0 Å². The van der Waals surface area contributed by atoms with Gasteiger partial charge < -0.3 is 14.6 Å². The molecule has 17 heavy (non-hydrogen) atoms. The van der Waals surface area contributed by atoms with E-state index in [1.807, 2.05) is 30.0 Å². The highest BCUT2D eigenvalue weighted by molar-refractivity contribution is 5.58. The summed E-state index contributed by atoms with van der Waals surface area (Å²) < 4.78 is 5.06. The van der Waals surface area contributed by atoms with Crippen LogP contribution in [0, 0.1) is 6.92 Å². The zero-order valence-electron chi connectivity index (χ0n) is 9.87. The molecule has 0 bridgehead atoms. The molecular formula is C13H17NO3. The molecule has 0 aliphatic carbocycles. The molecule has 2 rings (SSSR count). The largest absolute Gasteiger partial charge is 0.366 e. The van der Waals surface area contributed by atoms with Crippen molar-refractivity contribution in [3.05, 3.63) is 35.4 Å². The van der Waals surface area contributed by atoms with Crippen molar-refractivity contribution < 1.29 is 14.6 Å². The molecule has 0 saturated carbocycles. The molecule has 4 nitrogen and oxygen atoms in total. The van der Waals surface area contributed by atoms with Crippen molar-refractivity contribution in [2.45, 2.75) is 25.8 Å². The Morgan fingerprint density at radius 1 is 1.59 bits per heavy atom. The number of rotatable bonds is 3. The van der Waals surface area contributed by atoms with Gasteiger partial charge in [-0.2, -0.15) is 0 Å². The lowest BCUT2D eigenvalue weighted by atomic mass is 10.1. The predicted molar refractivity (Wildman–Crippen MR) is 63.4 cm³/mol. The lowest BCUT2D eigenvalue weighted by molar-refractivity contribution is -0.180. The number of aliphatic hydroxyl groups is 1. The zero-order chi connectivity index (χ0) is 12.3. The minimum absolute atomic E-state index is 0.456. The Morgan fingerprint density at radius 2 is 2.41 bits per heavy atom. The van der Waals surface area contributed by atoms with E-state index in [-0.39, 0.29) is 0 Å². The quantitative estimate of drug-likeness (QED) is 0.784. The van der Waals surface area contributed by atoms with Crippen LogP contribution in [0.2, 0.25) is 0 Å². The number of aldehydes is 1. The number of carbonyl (C=O) groups is 1. The van der Waals surface area contributed by atoms with Crippen LogP contribution in [-0.2, 0) is 16.1 Å². The van der Waals surface area contributed by atoms with E-state index in [4.69, 9.17) is 4.74 Å². The third-order valence-electron chi connectivity index (χ3n) is 2.99. The van der Waals surface area contributed by atoms with Crippen LogP contribution < -0.4 is 0 Å². The van der Waals surface area contributed by atoms with Crippen LogP contribution in [0.3, 0.4) is 0 Å². The fraction of sp³-hybridized carbons (Fsp3) is 0.462. The van der Waals surface area contributed by atoms with Gasteiger partial charge in [-0.3, -0.25) is 4.90 Å². The van der Waals surface area contributed by atoms with Gasteiger partial charge in [0.05, 0.1) is 6.61 Å². The average molecular weight is 235 g/mol. The molecule has 1 aliphatic heterocycles. The van der Waals surface area contributed by atoms with Crippen molar-refractivity contribution in [2.75, 3.05) is 13.2 Å². The lowest BCUT2D eigenvalue weighted by Crippen LogP contribution is -2.51. The fourth-order valence-corrected chi connectivity index (χ4v) is 2.10. The van der Waals surface area contributed by atoms with Gasteiger partial charge in [0.25, 0.3) is 0 Å². The molecule has 0 spiro atoms. The van der Waals surface area contributed by atoms with Crippen LogP contribution in [-0.4, -0.2) is 41.8 Å². The predicted octanol–water partition coefficient (Wildman–Crippen LogP) is 0.713. The molecule has 2 unspecified atom stereocenters. The Morgan fingerprint density at radius 3 is 3.12 bits per heavy atom. The first-order valence-electron chi connectivity index (χ1n) is 5.75. The molecule has 1 aliphatic rings. The van der Waals surface area contributed by atoms with Gasteiger partial charge >= 0.3 is 0 Å². The molecule has 0 radical (unpaired) electrons. The highest BCUT2D eigenvalue weighted by Gasteiger charge is 2.30. The Balaban J connectivity index is 2.08. The molecule has 0 amide bonds. The van der Waals surface area contributed by atoms with Gasteiger partial charge in [0, 0.05) is 13.1 Å². The van der Waals surface area contributed by atoms with Crippen molar-refractivity contribution in [1.29, 1.82) is 0 Å². The molecule has 1 heterocycles. The number of aliphatic hydroxyl groups excluding tert-OH is 1. The maximum Gasteiger partial charge on any atom is 0.177 e. The van der Waals surface area contributed by atoms with Crippen molar-refractivity contribution in [2.24, 2.45) is 0 Å². The Bertz CT molecular complexity index is 394. The molecule has 4 heteroatoms. The summed E-state index contributed by atoms with van der Waals surface area (Å²) in [5, 5.41) is 9.58. The maximum atomic E-state index is 11.0. The van der Waals surface area contributed by atoms with E-state index in [1.54, 1.807) is 0 Å². The summed E-state index contributed by atoms with van der Waals surface area (Å²) in [6, 6.07) is 7.58. The maximum absolute atomic E-state index is 11.0. The molecule has 0 aromatic heterocycles. The van der Waals surface area contributed by atoms with Crippen molar-refractivity contribution >= 4 is 6.29 Å². The first-order chi connectivity index (χ1) is 8.20. The molecule has 1 aromatic carbocycles. The summed E-state index contributed by atoms with van der Waals surface area (Å²) in [5.41, 5.74) is 2.34. The Kier molecular flexibility index (Phi) is 3.89. The van der Waals surface area contributed by atoms with Crippen LogP contribution in [0.4, 0.5) is 0 Å². The number of hydrogen-bond donors (Lipinski definition) is 1. The topological polar surface area (TPSA) is 49.8 Å². The number of aryl methyl sites for hydroxylation is 1. The van der Waals surface area contributed by atoms with Gasteiger partial charge in [-0.15, -0.1) is 0 Å². The van der Waals surface area contributed by atoms with Gasteiger partial charge in [-0.1, -0.05) is 29.8 Å². The molecule has 1 fully saturated rings. The summed E-state index contributed by atoms with van der Waals surface area (Å²) in [6.45, 7) is 3.81. The normalized spacial score (nSPS) is 25.8. The standard InChI is InChI=1S/C13H17NO3/c1-10-3-2-4-11(7-10)8-14-5-6-17-13(16)12(14)9-15/h2-4,7,9,12-13,16H,5-6,8H2,1H3. The number of hydrogen-bond acceptors (Lipinski definition) is 4. The van der Waals surface area contributed by atoms with Crippen LogP contribution >= 0.6 is 0 Å². The van der Waals surface area contributed by atoms with E-state index in [2.05, 4.69) is 6.07 Å². The highest BCUT2D eigenvalue weighted by atomic mass is 16.6. The summed E-state index contributed by atoms with van der Waals surface area (Å²) in [7, 11) is 0. The third kappa shape index (κ3) is 2.91. The van der Waals surface area contributed by atoms with Crippen LogP contribution in [0.15, 0.2) is 24.3 Å². The Hall–Kier alpha value is -1.23. The fourth-order valence-electron chi connectivity index (χ4n) is 2.10. The summed E-state index contributed by atoms with van der Waals surface area (Å²) in [5.74, 6) is 0. The number of benzene rings is 1. The van der Waals surface area contributed by atoms with E-state index in [1.165, 1.54) is 5.56 Å². The van der Waals surface area contributed by atoms with Crippen LogP contribution in [0.5, 0.6) is 0 Å². The monoisotopic (exact) mass is 235 g/mol. The van der Waals surface area contributed by atoms with Gasteiger partial charge in [-0.25, -0.2) is 0 Å². The smallest absolute Gasteiger partial charge is 0.177 e. The summed E-state index contributed by atoms with van der Waals surface area (Å²) >= 11 is 0. The van der Waals surface area contributed by atoms with E-state index >= 15 is 0 Å². The second-order valence-electron chi connectivity index (χ2n) is 4.35. The summed E-state index contributed by atoms with van der Waals surface area (Å²) in [4.78, 5) is 12.9. The van der Waals surface area contributed by atoms with Gasteiger partial charge in [0.1, 0.15) is 12.3 Å². The van der Waals surface area contributed by atoms with E-state index in [9.17, 15) is 9.90 Å². The molecule has 1 saturated heterocycles. The minimum Gasteiger partial charge on any atom is -0.366 e. The van der Waals surface area contributed by atoms with Gasteiger partial charge in [0.2, 0.25) is 0 Å². The zero-order valence-corrected chi connectivity index (χ0v) is 9.87. The molecule has 2 atom stereocenters. The van der Waals surface area contributed by atoms with Crippen LogP contribution in [0.25, 0.3) is 0 Å². The molecular weight excluding hydrogens is 218 g/mol. The van der Waals surface area contributed by atoms with E-state index in [0.717, 1.165) is 11.8 Å². The first-order valence-corrected chi connectivity index (χ1v) is 5.75.